The fourth-order valence-electron chi connectivity index (χ4n) is 2.03. The lowest BCUT2D eigenvalue weighted by atomic mass is 10.2. The fraction of sp³-hybridized carbons (Fsp3) is 0.455. The third-order valence-corrected chi connectivity index (χ3v) is 2.94. The van der Waals surface area contributed by atoms with Gasteiger partial charge in [-0.05, 0) is 12.1 Å². The number of nitrogens with zero attached hydrogens (tertiary/aromatic N) is 3. The van der Waals surface area contributed by atoms with Gasteiger partial charge in [0.15, 0.2) is 6.23 Å². The number of aliphatic hydroxyl groups is 2. The Bertz CT molecular complexity index is 494. The Kier molecular flexibility index (Phi) is 2.54. The molecule has 2 heterocycles. The quantitative estimate of drug-likeness (QED) is 0.770. The van der Waals surface area contributed by atoms with Crippen molar-refractivity contribution < 1.29 is 14.9 Å². The summed E-state index contributed by atoms with van der Waals surface area (Å²) >= 11 is 0. The van der Waals surface area contributed by atoms with Gasteiger partial charge >= 0.3 is 0 Å². The van der Waals surface area contributed by atoms with E-state index in [1.54, 1.807) is 0 Å². The number of fused-ring (bicyclic) bond motifs is 1. The topological polar surface area (TPSA) is 80.4 Å². The van der Waals surface area contributed by atoms with Gasteiger partial charge in [-0.3, -0.25) is 0 Å². The summed E-state index contributed by atoms with van der Waals surface area (Å²) in [7, 11) is 0. The fourth-order valence-corrected chi connectivity index (χ4v) is 2.03. The number of aliphatic hydroxyl groups excluding tert-OH is 2. The summed E-state index contributed by atoms with van der Waals surface area (Å²) in [5.74, 6) is 0. The maximum absolute atomic E-state index is 9.64. The van der Waals surface area contributed by atoms with Crippen molar-refractivity contribution in [3.05, 3.63) is 24.3 Å². The Morgan fingerprint density at radius 2 is 1.94 bits per heavy atom. The molecular formula is C11H13N3O3. The minimum Gasteiger partial charge on any atom is -0.394 e. The average molecular weight is 235 g/mol. The zero-order valence-corrected chi connectivity index (χ0v) is 9.10. The first-order valence-corrected chi connectivity index (χ1v) is 5.54. The van der Waals surface area contributed by atoms with E-state index in [0.29, 0.717) is 6.42 Å². The lowest BCUT2D eigenvalue weighted by Crippen LogP contribution is -2.24. The summed E-state index contributed by atoms with van der Waals surface area (Å²) in [6.07, 6.45) is -1.23. The molecule has 0 radical (unpaired) electrons. The lowest BCUT2D eigenvalue weighted by Gasteiger charge is -2.10. The molecule has 6 heteroatoms. The molecule has 0 bridgehead atoms. The van der Waals surface area contributed by atoms with Crippen molar-refractivity contribution in [3.8, 4) is 0 Å². The highest BCUT2D eigenvalue weighted by Crippen LogP contribution is 2.27. The average Bonchev–Trinajstić information content (AvgIpc) is 2.91. The van der Waals surface area contributed by atoms with Crippen molar-refractivity contribution in [3.63, 3.8) is 0 Å². The van der Waals surface area contributed by atoms with Gasteiger partial charge in [0.25, 0.3) is 0 Å². The van der Waals surface area contributed by atoms with E-state index in [2.05, 4.69) is 10.2 Å². The second-order valence-electron chi connectivity index (χ2n) is 4.12. The predicted molar refractivity (Wildman–Crippen MR) is 59.1 cm³/mol. The highest BCUT2D eigenvalue weighted by Gasteiger charge is 2.35. The van der Waals surface area contributed by atoms with Gasteiger partial charge in [-0.1, -0.05) is 12.1 Å². The van der Waals surface area contributed by atoms with Crippen molar-refractivity contribution >= 4 is 11.0 Å². The van der Waals surface area contributed by atoms with Gasteiger partial charge in [-0.25, -0.2) is 0 Å². The van der Waals surface area contributed by atoms with E-state index < -0.39 is 18.4 Å². The summed E-state index contributed by atoms with van der Waals surface area (Å²) in [4.78, 5) is 1.46. The van der Waals surface area contributed by atoms with Crippen LogP contribution in [0.2, 0.25) is 0 Å². The SMILES string of the molecule is OCC1OC(n2nc3ccccc3n2)CC1O. The molecule has 3 unspecified atom stereocenters. The van der Waals surface area contributed by atoms with Crippen LogP contribution >= 0.6 is 0 Å². The predicted octanol–water partition coefficient (Wildman–Crippen LogP) is 0.0720. The van der Waals surface area contributed by atoms with Gasteiger partial charge in [0, 0.05) is 6.42 Å². The highest BCUT2D eigenvalue weighted by molar-refractivity contribution is 5.72. The molecule has 1 aromatic carbocycles. The van der Waals surface area contributed by atoms with E-state index in [9.17, 15) is 5.11 Å². The number of ether oxygens (including phenoxy) is 1. The summed E-state index contributed by atoms with van der Waals surface area (Å²) < 4.78 is 5.48. The molecule has 3 atom stereocenters. The Morgan fingerprint density at radius 1 is 1.29 bits per heavy atom. The van der Waals surface area contributed by atoms with Crippen molar-refractivity contribution in [2.24, 2.45) is 0 Å². The normalized spacial score (nSPS) is 28.9. The van der Waals surface area contributed by atoms with E-state index in [1.165, 1.54) is 4.80 Å². The van der Waals surface area contributed by atoms with Gasteiger partial charge in [0.2, 0.25) is 0 Å². The summed E-state index contributed by atoms with van der Waals surface area (Å²) in [6.45, 7) is -0.196. The number of rotatable bonds is 2. The zero-order chi connectivity index (χ0) is 11.8. The van der Waals surface area contributed by atoms with Crippen LogP contribution in [0.3, 0.4) is 0 Å². The molecule has 6 nitrogen and oxygen atoms in total. The minimum absolute atomic E-state index is 0.196. The van der Waals surface area contributed by atoms with Crippen molar-refractivity contribution in [2.75, 3.05) is 6.61 Å². The highest BCUT2D eigenvalue weighted by atomic mass is 16.5. The molecule has 1 aromatic heterocycles. The third kappa shape index (κ3) is 1.80. The summed E-state index contributed by atoms with van der Waals surface area (Å²) in [6, 6.07) is 7.52. The molecule has 0 saturated carbocycles. The van der Waals surface area contributed by atoms with E-state index >= 15 is 0 Å². The molecule has 1 aliphatic rings. The van der Waals surface area contributed by atoms with Crippen LogP contribution in [0.25, 0.3) is 11.0 Å². The molecule has 0 amide bonds. The van der Waals surface area contributed by atoms with Crippen LogP contribution in [-0.4, -0.2) is 44.0 Å². The van der Waals surface area contributed by atoms with Gasteiger partial charge in [0.05, 0.1) is 12.7 Å². The first kappa shape index (κ1) is 10.6. The summed E-state index contributed by atoms with van der Waals surface area (Å²) in [5, 5.41) is 27.2. The van der Waals surface area contributed by atoms with Crippen LogP contribution in [0.4, 0.5) is 0 Å². The molecule has 1 aliphatic heterocycles. The van der Waals surface area contributed by atoms with Crippen molar-refractivity contribution in [1.82, 2.24) is 15.0 Å². The molecule has 2 aromatic rings. The number of benzene rings is 1. The molecular weight excluding hydrogens is 222 g/mol. The van der Waals surface area contributed by atoms with E-state index in [0.717, 1.165) is 11.0 Å². The Hall–Kier alpha value is -1.50. The van der Waals surface area contributed by atoms with Crippen LogP contribution in [0, 0.1) is 0 Å². The zero-order valence-electron chi connectivity index (χ0n) is 9.10. The molecule has 3 rings (SSSR count). The monoisotopic (exact) mass is 235 g/mol. The Balaban J connectivity index is 1.89. The van der Waals surface area contributed by atoms with Crippen LogP contribution in [0.1, 0.15) is 12.6 Å². The van der Waals surface area contributed by atoms with E-state index in [1.807, 2.05) is 24.3 Å². The van der Waals surface area contributed by atoms with Crippen LogP contribution in [0.5, 0.6) is 0 Å². The Morgan fingerprint density at radius 3 is 2.47 bits per heavy atom. The van der Waals surface area contributed by atoms with Crippen LogP contribution in [0.15, 0.2) is 24.3 Å². The molecule has 1 fully saturated rings. The molecule has 2 N–H and O–H groups in total. The minimum atomic E-state index is -0.667. The van der Waals surface area contributed by atoms with Crippen molar-refractivity contribution in [2.45, 2.75) is 24.9 Å². The van der Waals surface area contributed by atoms with E-state index in [4.69, 9.17) is 9.84 Å². The molecule has 90 valence electrons. The largest absolute Gasteiger partial charge is 0.394 e. The Labute approximate surface area is 97.4 Å². The van der Waals surface area contributed by atoms with E-state index in [-0.39, 0.29) is 6.61 Å². The molecule has 1 saturated heterocycles. The number of hydrogen-bond acceptors (Lipinski definition) is 5. The second-order valence-corrected chi connectivity index (χ2v) is 4.12. The second kappa shape index (κ2) is 4.06. The van der Waals surface area contributed by atoms with Gasteiger partial charge in [-0.15, -0.1) is 0 Å². The van der Waals surface area contributed by atoms with Gasteiger partial charge < -0.3 is 14.9 Å². The molecule has 0 spiro atoms. The molecule has 17 heavy (non-hydrogen) atoms. The maximum atomic E-state index is 9.64. The van der Waals surface area contributed by atoms with Gasteiger partial charge in [0.1, 0.15) is 17.1 Å². The smallest absolute Gasteiger partial charge is 0.172 e. The van der Waals surface area contributed by atoms with Crippen molar-refractivity contribution in [1.29, 1.82) is 0 Å². The van der Waals surface area contributed by atoms with Crippen LogP contribution in [-0.2, 0) is 4.74 Å². The standard InChI is InChI=1S/C11H13N3O3/c15-6-10-9(16)5-11(17-10)14-12-7-3-1-2-4-8(7)13-14/h1-4,9-11,15-16H,5-6H2. The number of hydrogen-bond donors (Lipinski definition) is 2. The lowest BCUT2D eigenvalue weighted by molar-refractivity contribution is -0.0529. The third-order valence-electron chi connectivity index (χ3n) is 2.94. The first-order chi connectivity index (χ1) is 8.28. The summed E-state index contributed by atoms with van der Waals surface area (Å²) in [5.41, 5.74) is 1.58. The first-order valence-electron chi connectivity index (χ1n) is 5.54. The van der Waals surface area contributed by atoms with Gasteiger partial charge in [-0.2, -0.15) is 15.0 Å². The number of aromatic nitrogens is 3. The molecule has 0 aliphatic carbocycles. The van der Waals surface area contributed by atoms with Crippen LogP contribution < -0.4 is 0 Å². The maximum Gasteiger partial charge on any atom is 0.172 e.